The van der Waals surface area contributed by atoms with Crippen LogP contribution in [0.15, 0.2) is 35.2 Å². The van der Waals surface area contributed by atoms with Gasteiger partial charge in [0.2, 0.25) is 15.8 Å². The van der Waals surface area contributed by atoms with Gasteiger partial charge in [-0.3, -0.25) is 9.59 Å². The molecule has 0 aliphatic carbocycles. The second-order valence-electron chi connectivity index (χ2n) is 7.32. The number of rotatable bonds is 7. The van der Waals surface area contributed by atoms with E-state index in [1.165, 1.54) is 19.1 Å². The monoisotopic (exact) mass is 417 g/mol. The summed E-state index contributed by atoms with van der Waals surface area (Å²) in [5.74, 6) is -1.14. The molecule has 0 aliphatic rings. The number of benzene rings is 2. The summed E-state index contributed by atoms with van der Waals surface area (Å²) in [6.07, 6.45) is -1.02. The van der Waals surface area contributed by atoms with Crippen LogP contribution >= 0.6 is 0 Å². The Bertz CT molecular complexity index is 1060. The average molecular weight is 418 g/mol. The number of sulfonamides is 1. The zero-order valence-electron chi connectivity index (χ0n) is 17.6. The average Bonchev–Trinajstić information content (AvgIpc) is 2.64. The van der Waals surface area contributed by atoms with E-state index in [4.69, 9.17) is 4.74 Å². The Morgan fingerprint density at radius 1 is 0.897 bits per heavy atom. The number of hydrogen-bond donors (Lipinski definition) is 1. The first kappa shape index (κ1) is 22.8. The molecule has 0 fully saturated rings. The quantitative estimate of drug-likeness (QED) is 0.551. The van der Waals surface area contributed by atoms with Crippen LogP contribution in [-0.2, 0) is 19.6 Å². The second kappa shape index (κ2) is 8.88. The minimum atomic E-state index is -3.86. The van der Waals surface area contributed by atoms with Crippen LogP contribution in [0, 0.1) is 34.6 Å². The third-order valence-corrected chi connectivity index (χ3v) is 6.38. The molecule has 0 saturated carbocycles. The van der Waals surface area contributed by atoms with Crippen LogP contribution in [0.5, 0.6) is 0 Å². The summed E-state index contributed by atoms with van der Waals surface area (Å²) in [6, 6.07) is 8.41. The molecule has 2 aromatic carbocycles. The number of esters is 1. The SMILES string of the molecule is Cc1ccc(S(=O)(=O)NCC(=O)O[C@@H](C)C(=O)c2cc(C)c(C)cc2C)cc1C. The highest BCUT2D eigenvalue weighted by Crippen LogP contribution is 2.18. The van der Waals surface area contributed by atoms with Gasteiger partial charge in [0.05, 0.1) is 4.90 Å². The molecule has 2 aromatic rings. The van der Waals surface area contributed by atoms with E-state index in [2.05, 4.69) is 4.72 Å². The summed E-state index contributed by atoms with van der Waals surface area (Å²) in [5.41, 5.74) is 5.14. The minimum Gasteiger partial charge on any atom is -0.453 e. The van der Waals surface area contributed by atoms with Gasteiger partial charge in [-0.25, -0.2) is 8.42 Å². The van der Waals surface area contributed by atoms with Crippen molar-refractivity contribution in [2.75, 3.05) is 6.54 Å². The zero-order chi connectivity index (χ0) is 21.9. The molecule has 6 nitrogen and oxygen atoms in total. The molecule has 2 rings (SSSR count). The van der Waals surface area contributed by atoms with E-state index in [0.29, 0.717) is 5.56 Å². The van der Waals surface area contributed by atoms with Gasteiger partial charge in [0, 0.05) is 5.56 Å². The van der Waals surface area contributed by atoms with Crippen LogP contribution in [-0.4, -0.2) is 32.8 Å². The van der Waals surface area contributed by atoms with Crippen LogP contribution in [0.1, 0.15) is 45.1 Å². The lowest BCUT2D eigenvalue weighted by Gasteiger charge is -2.15. The highest BCUT2D eigenvalue weighted by molar-refractivity contribution is 7.89. The van der Waals surface area contributed by atoms with Crippen molar-refractivity contribution in [1.29, 1.82) is 0 Å². The summed E-state index contributed by atoms with van der Waals surface area (Å²) in [5, 5.41) is 0. The van der Waals surface area contributed by atoms with Gasteiger partial charge in [0.1, 0.15) is 6.54 Å². The van der Waals surface area contributed by atoms with E-state index >= 15 is 0 Å². The van der Waals surface area contributed by atoms with Crippen molar-refractivity contribution in [3.05, 3.63) is 63.7 Å². The molecule has 156 valence electrons. The first-order valence-electron chi connectivity index (χ1n) is 9.31. The lowest BCUT2D eigenvalue weighted by Crippen LogP contribution is -2.34. The van der Waals surface area contributed by atoms with Crippen molar-refractivity contribution in [2.24, 2.45) is 0 Å². The van der Waals surface area contributed by atoms with E-state index < -0.39 is 28.6 Å². The first-order chi connectivity index (χ1) is 13.4. The maximum Gasteiger partial charge on any atom is 0.321 e. The molecule has 0 spiro atoms. The van der Waals surface area contributed by atoms with Crippen LogP contribution in [0.2, 0.25) is 0 Å². The molecule has 1 atom stereocenters. The van der Waals surface area contributed by atoms with Crippen molar-refractivity contribution >= 4 is 21.8 Å². The Kier molecular flexibility index (Phi) is 6.97. The van der Waals surface area contributed by atoms with Gasteiger partial charge in [0.15, 0.2) is 6.10 Å². The Balaban J connectivity index is 2.02. The van der Waals surface area contributed by atoms with E-state index in [1.807, 2.05) is 40.7 Å². The molecule has 7 heteroatoms. The van der Waals surface area contributed by atoms with E-state index in [9.17, 15) is 18.0 Å². The van der Waals surface area contributed by atoms with Crippen LogP contribution in [0.25, 0.3) is 0 Å². The van der Waals surface area contributed by atoms with Crippen molar-refractivity contribution in [2.45, 2.75) is 52.5 Å². The highest BCUT2D eigenvalue weighted by Gasteiger charge is 2.23. The lowest BCUT2D eigenvalue weighted by molar-refractivity contribution is -0.144. The summed E-state index contributed by atoms with van der Waals surface area (Å²) in [7, 11) is -3.86. The van der Waals surface area contributed by atoms with Crippen LogP contribution < -0.4 is 4.72 Å². The highest BCUT2D eigenvalue weighted by atomic mass is 32.2. The van der Waals surface area contributed by atoms with Crippen molar-refractivity contribution in [1.82, 2.24) is 4.72 Å². The number of ether oxygens (including phenoxy) is 1. The molecule has 0 radical (unpaired) electrons. The molecule has 0 aromatic heterocycles. The number of Topliss-reactive ketones (excluding diaryl/α,β-unsaturated/α-hetero) is 1. The predicted molar refractivity (Wildman–Crippen MR) is 112 cm³/mol. The third kappa shape index (κ3) is 5.52. The fraction of sp³-hybridized carbons (Fsp3) is 0.364. The summed E-state index contributed by atoms with van der Waals surface area (Å²) >= 11 is 0. The third-order valence-electron chi connectivity index (χ3n) is 4.98. The molecule has 1 N–H and O–H groups in total. The first-order valence-corrected chi connectivity index (χ1v) is 10.8. The van der Waals surface area contributed by atoms with E-state index in [0.717, 1.165) is 27.8 Å². The smallest absolute Gasteiger partial charge is 0.321 e. The Morgan fingerprint density at radius 2 is 1.48 bits per heavy atom. The summed E-state index contributed by atoms with van der Waals surface area (Å²) in [4.78, 5) is 24.8. The largest absolute Gasteiger partial charge is 0.453 e. The number of carbonyl (C=O) groups excluding carboxylic acids is 2. The molecule has 0 unspecified atom stereocenters. The van der Waals surface area contributed by atoms with E-state index in [1.54, 1.807) is 12.1 Å². The summed E-state index contributed by atoms with van der Waals surface area (Å²) < 4.78 is 32.1. The molecular formula is C22H27NO5S. The van der Waals surface area contributed by atoms with Gasteiger partial charge in [0.25, 0.3) is 0 Å². The van der Waals surface area contributed by atoms with Gasteiger partial charge in [-0.15, -0.1) is 0 Å². The Morgan fingerprint density at radius 3 is 2.10 bits per heavy atom. The number of aryl methyl sites for hydroxylation is 5. The lowest BCUT2D eigenvalue weighted by atomic mass is 9.96. The molecule has 0 bridgehead atoms. The molecule has 29 heavy (non-hydrogen) atoms. The number of nitrogens with one attached hydrogen (secondary N) is 1. The second-order valence-corrected chi connectivity index (χ2v) is 9.09. The molecular weight excluding hydrogens is 390 g/mol. The fourth-order valence-corrected chi connectivity index (χ4v) is 3.91. The standard InChI is InChI=1S/C22H27NO5S/c1-13-7-8-19(10-15(13)3)29(26,27)23-12-21(24)28-18(6)22(25)20-11-16(4)14(2)9-17(20)5/h7-11,18,23H,12H2,1-6H3/t18-/m0/s1. The number of carbonyl (C=O) groups is 2. The van der Waals surface area contributed by atoms with Crippen molar-refractivity contribution < 1.29 is 22.7 Å². The molecule has 0 amide bonds. The van der Waals surface area contributed by atoms with E-state index in [-0.39, 0.29) is 10.7 Å². The molecule has 0 heterocycles. The Hall–Kier alpha value is -2.51. The minimum absolute atomic E-state index is 0.0725. The molecule has 0 saturated heterocycles. The molecule has 0 aliphatic heterocycles. The predicted octanol–water partition coefficient (Wildman–Crippen LogP) is 3.32. The topological polar surface area (TPSA) is 89.5 Å². The normalized spacial score (nSPS) is 12.5. The maximum absolute atomic E-state index is 12.6. The van der Waals surface area contributed by atoms with Gasteiger partial charge in [-0.1, -0.05) is 12.1 Å². The number of hydrogen-bond acceptors (Lipinski definition) is 5. The van der Waals surface area contributed by atoms with Gasteiger partial charge >= 0.3 is 5.97 Å². The maximum atomic E-state index is 12.6. The van der Waals surface area contributed by atoms with Crippen molar-refractivity contribution in [3.8, 4) is 0 Å². The zero-order valence-corrected chi connectivity index (χ0v) is 18.4. The Labute approximate surface area is 172 Å². The van der Waals surface area contributed by atoms with Crippen LogP contribution in [0.4, 0.5) is 0 Å². The summed E-state index contributed by atoms with van der Waals surface area (Å²) in [6.45, 7) is 10.3. The number of ketones is 1. The van der Waals surface area contributed by atoms with Crippen molar-refractivity contribution in [3.63, 3.8) is 0 Å². The van der Waals surface area contributed by atoms with Crippen LogP contribution in [0.3, 0.4) is 0 Å². The van der Waals surface area contributed by atoms with Gasteiger partial charge in [-0.05, 0) is 87.6 Å². The van der Waals surface area contributed by atoms with Gasteiger partial charge in [-0.2, -0.15) is 4.72 Å². The fourth-order valence-electron chi connectivity index (χ4n) is 2.86. The van der Waals surface area contributed by atoms with Gasteiger partial charge < -0.3 is 4.74 Å².